The lowest BCUT2D eigenvalue weighted by molar-refractivity contribution is -0.142. The van der Waals surface area contributed by atoms with Gasteiger partial charge in [0.2, 0.25) is 17.7 Å². The summed E-state index contributed by atoms with van der Waals surface area (Å²) in [6, 6.07) is -5.36. The van der Waals surface area contributed by atoms with Crippen LogP contribution >= 0.6 is 24.4 Å². The maximum atomic E-state index is 12.7. The first-order valence-corrected chi connectivity index (χ1v) is 11.4. The van der Waals surface area contributed by atoms with Crippen molar-refractivity contribution < 1.29 is 44.1 Å². The molecule has 0 aromatic heterocycles. The van der Waals surface area contributed by atoms with Gasteiger partial charge in [0.05, 0.1) is 12.5 Å². The quantitative estimate of drug-likeness (QED) is 0.108. The summed E-state index contributed by atoms with van der Waals surface area (Å²) in [7, 11) is 0. The number of nitrogens with one attached hydrogen (secondary N) is 3. The molecule has 8 N–H and O–H groups in total. The fourth-order valence-electron chi connectivity index (χ4n) is 2.33. The smallest absolute Gasteiger partial charge is 0.327 e. The van der Waals surface area contributed by atoms with Crippen LogP contribution in [0.25, 0.3) is 0 Å². The minimum Gasteiger partial charge on any atom is -0.481 e. The number of hydrogen-bond donors (Lipinski definition) is 8. The lowest BCUT2D eigenvalue weighted by Gasteiger charge is -2.24. The summed E-state index contributed by atoms with van der Waals surface area (Å²) >= 11 is 5.18. The third-order valence-electron chi connectivity index (χ3n) is 4.05. The van der Waals surface area contributed by atoms with Crippen molar-refractivity contribution in [2.45, 2.75) is 49.9 Å². The van der Waals surface area contributed by atoms with Crippen LogP contribution in [0, 0.1) is 0 Å². The Morgan fingerprint density at radius 3 is 1.78 bits per heavy atom. The van der Waals surface area contributed by atoms with Gasteiger partial charge in [-0.25, -0.2) is 4.79 Å². The Labute approximate surface area is 193 Å². The van der Waals surface area contributed by atoms with E-state index in [0.29, 0.717) is 5.75 Å². The van der Waals surface area contributed by atoms with Crippen molar-refractivity contribution >= 4 is 60.0 Å². The van der Waals surface area contributed by atoms with Gasteiger partial charge in [-0.05, 0) is 24.9 Å². The van der Waals surface area contributed by atoms with E-state index in [2.05, 4.69) is 28.6 Å². The van der Waals surface area contributed by atoms with Crippen LogP contribution in [0.15, 0.2) is 0 Å². The molecule has 0 aromatic rings. The molecule has 0 aliphatic rings. The number of hydrogen-bond acceptors (Lipinski definition) is 9. The number of amides is 3. The molecule has 4 atom stereocenters. The van der Waals surface area contributed by atoms with Gasteiger partial charge in [-0.1, -0.05) is 0 Å². The van der Waals surface area contributed by atoms with Crippen LogP contribution in [0.2, 0.25) is 0 Å². The van der Waals surface area contributed by atoms with Gasteiger partial charge in [-0.15, -0.1) is 0 Å². The zero-order valence-corrected chi connectivity index (χ0v) is 19.0. The van der Waals surface area contributed by atoms with E-state index in [9.17, 15) is 28.8 Å². The fraction of sp³-hybridized carbons (Fsp3) is 0.647. The van der Waals surface area contributed by atoms with Crippen molar-refractivity contribution in [2.24, 2.45) is 5.73 Å². The fourth-order valence-corrected chi connectivity index (χ4v) is 3.05. The first-order chi connectivity index (χ1) is 14.9. The Hall–Kier alpha value is -2.52. The van der Waals surface area contributed by atoms with Crippen molar-refractivity contribution in [2.75, 3.05) is 17.8 Å². The van der Waals surface area contributed by atoms with Gasteiger partial charge in [0.25, 0.3) is 0 Å². The van der Waals surface area contributed by atoms with Crippen molar-refractivity contribution in [1.82, 2.24) is 16.0 Å². The first kappa shape index (κ1) is 29.5. The highest BCUT2D eigenvalue weighted by Gasteiger charge is 2.30. The van der Waals surface area contributed by atoms with E-state index < -0.39 is 72.6 Å². The first-order valence-electron chi connectivity index (χ1n) is 9.35. The average Bonchev–Trinajstić information content (AvgIpc) is 2.70. The number of carboxylic acids is 3. The number of carboxylic acid groups (broad SMARTS) is 3. The van der Waals surface area contributed by atoms with E-state index in [-0.39, 0.29) is 18.6 Å². The average molecular weight is 497 g/mol. The van der Waals surface area contributed by atoms with Gasteiger partial charge in [0, 0.05) is 12.2 Å². The Balaban J connectivity index is 5.44. The number of carbonyl (C=O) groups is 6. The second kappa shape index (κ2) is 15.3. The minimum absolute atomic E-state index is 0.111. The number of thiol groups is 1. The zero-order chi connectivity index (χ0) is 24.8. The molecule has 0 saturated carbocycles. The maximum absolute atomic E-state index is 12.7. The molecule has 0 aromatic carbocycles. The van der Waals surface area contributed by atoms with Crippen molar-refractivity contribution in [3.63, 3.8) is 0 Å². The minimum atomic E-state index is -1.41. The largest absolute Gasteiger partial charge is 0.481 e. The molecule has 0 fully saturated rings. The van der Waals surface area contributed by atoms with E-state index >= 15 is 0 Å². The molecule has 13 nitrogen and oxygen atoms in total. The van der Waals surface area contributed by atoms with Gasteiger partial charge < -0.3 is 37.0 Å². The highest BCUT2D eigenvalue weighted by atomic mass is 32.2. The van der Waals surface area contributed by atoms with Crippen molar-refractivity contribution in [3.8, 4) is 0 Å². The van der Waals surface area contributed by atoms with Gasteiger partial charge in [0.15, 0.2) is 0 Å². The topological polar surface area (TPSA) is 225 Å². The van der Waals surface area contributed by atoms with Gasteiger partial charge >= 0.3 is 17.9 Å². The maximum Gasteiger partial charge on any atom is 0.327 e. The van der Waals surface area contributed by atoms with E-state index in [1.807, 2.05) is 0 Å². The van der Waals surface area contributed by atoms with Crippen LogP contribution in [0.5, 0.6) is 0 Å². The zero-order valence-electron chi connectivity index (χ0n) is 17.3. The Bertz CT molecular complexity index is 708. The standard InChI is InChI=1S/C17H28N4O9S2/c1-32-5-4-10(19-14(26)8(18)6-13(24)25)16(28)20-9(2-3-12(22)23)15(27)21-11(7-31)17(29)30/h8-11,31H,2-7,18H2,1H3,(H,19,26)(H,20,28)(H,21,27)(H,22,23)(H,24,25)(H,29,30). The Morgan fingerprint density at radius 1 is 0.844 bits per heavy atom. The summed E-state index contributed by atoms with van der Waals surface area (Å²) in [6.45, 7) is 0. The summed E-state index contributed by atoms with van der Waals surface area (Å²) in [6.07, 6.45) is 0.363. The van der Waals surface area contributed by atoms with Crippen molar-refractivity contribution in [1.29, 1.82) is 0 Å². The molecule has 0 aliphatic heterocycles. The molecule has 3 amide bonds. The lowest BCUT2D eigenvalue weighted by Crippen LogP contribution is -2.57. The number of carbonyl (C=O) groups excluding carboxylic acids is 3. The van der Waals surface area contributed by atoms with Crippen LogP contribution in [-0.4, -0.2) is 92.9 Å². The van der Waals surface area contributed by atoms with Crippen LogP contribution in [0.4, 0.5) is 0 Å². The third-order valence-corrected chi connectivity index (χ3v) is 5.06. The SMILES string of the molecule is CSCCC(NC(=O)C(N)CC(=O)O)C(=O)NC(CCC(=O)O)C(=O)NC(CS)C(=O)O. The summed E-state index contributed by atoms with van der Waals surface area (Å²) in [4.78, 5) is 70.1. The summed E-state index contributed by atoms with van der Waals surface area (Å²) in [5.41, 5.74) is 5.50. The molecule has 0 rings (SSSR count). The summed E-state index contributed by atoms with van der Waals surface area (Å²) < 4.78 is 0. The van der Waals surface area contributed by atoms with Crippen LogP contribution in [0.3, 0.4) is 0 Å². The van der Waals surface area contributed by atoms with E-state index in [1.54, 1.807) is 6.26 Å². The predicted molar refractivity (Wildman–Crippen MR) is 117 cm³/mol. The number of aliphatic carboxylic acids is 3. The number of rotatable bonds is 16. The van der Waals surface area contributed by atoms with Gasteiger partial charge in [0.1, 0.15) is 18.1 Å². The molecule has 182 valence electrons. The number of nitrogens with two attached hydrogens (primary N) is 1. The van der Waals surface area contributed by atoms with Crippen LogP contribution in [0.1, 0.15) is 25.7 Å². The molecule has 15 heteroatoms. The predicted octanol–water partition coefficient (Wildman–Crippen LogP) is -2.12. The normalized spacial score (nSPS) is 14.3. The molecule has 0 saturated heterocycles. The molecular weight excluding hydrogens is 468 g/mol. The Morgan fingerprint density at radius 2 is 1.34 bits per heavy atom. The Kier molecular flexibility index (Phi) is 14.1. The van der Waals surface area contributed by atoms with Crippen molar-refractivity contribution in [3.05, 3.63) is 0 Å². The lowest BCUT2D eigenvalue weighted by atomic mass is 10.1. The highest BCUT2D eigenvalue weighted by Crippen LogP contribution is 2.06. The van der Waals surface area contributed by atoms with Crippen LogP contribution < -0.4 is 21.7 Å². The van der Waals surface area contributed by atoms with E-state index in [0.717, 1.165) is 0 Å². The molecule has 0 aliphatic carbocycles. The van der Waals surface area contributed by atoms with Gasteiger partial charge in [-0.3, -0.25) is 24.0 Å². The summed E-state index contributed by atoms with van der Waals surface area (Å²) in [5, 5.41) is 33.5. The molecule has 0 bridgehead atoms. The van der Waals surface area contributed by atoms with Gasteiger partial charge in [-0.2, -0.15) is 24.4 Å². The molecule has 32 heavy (non-hydrogen) atoms. The third kappa shape index (κ3) is 11.8. The molecular formula is C17H28N4O9S2. The molecule has 4 unspecified atom stereocenters. The number of thioether (sulfide) groups is 1. The second-order valence-corrected chi connectivity index (χ2v) is 7.97. The summed E-state index contributed by atoms with van der Waals surface area (Å²) in [5.74, 6) is -6.39. The molecule has 0 spiro atoms. The molecule has 0 heterocycles. The van der Waals surface area contributed by atoms with Crippen LogP contribution in [-0.2, 0) is 28.8 Å². The molecule has 0 radical (unpaired) electrons. The highest BCUT2D eigenvalue weighted by molar-refractivity contribution is 7.98. The second-order valence-electron chi connectivity index (χ2n) is 6.62. The van der Waals surface area contributed by atoms with E-state index in [4.69, 9.17) is 21.1 Å². The monoisotopic (exact) mass is 496 g/mol. The van der Waals surface area contributed by atoms with E-state index in [1.165, 1.54) is 11.8 Å².